The number of carbonyl (C=O) groups excluding carboxylic acids is 1. The summed E-state index contributed by atoms with van der Waals surface area (Å²) < 4.78 is 5.39. The van der Waals surface area contributed by atoms with Crippen LogP contribution >= 0.6 is 15.9 Å². The van der Waals surface area contributed by atoms with E-state index in [0.29, 0.717) is 31.2 Å². The predicted molar refractivity (Wildman–Crippen MR) is 81.3 cm³/mol. The highest BCUT2D eigenvalue weighted by Crippen LogP contribution is 2.30. The van der Waals surface area contributed by atoms with Crippen LogP contribution in [0.1, 0.15) is 23.2 Å². The summed E-state index contributed by atoms with van der Waals surface area (Å²) in [6, 6.07) is 4.53. The van der Waals surface area contributed by atoms with Gasteiger partial charge in [-0.25, -0.2) is 0 Å². The van der Waals surface area contributed by atoms with E-state index in [0.717, 1.165) is 12.8 Å². The number of piperidine rings is 1. The summed E-state index contributed by atoms with van der Waals surface area (Å²) in [7, 11) is 1.68. The lowest BCUT2D eigenvalue weighted by molar-refractivity contribution is -0.385. The number of halogens is 1. The third kappa shape index (κ3) is 3.59. The number of ether oxygens (including phenoxy) is 1. The summed E-state index contributed by atoms with van der Waals surface area (Å²) in [5.41, 5.74) is 0.254. The van der Waals surface area contributed by atoms with Gasteiger partial charge in [-0.1, -0.05) is 6.07 Å². The minimum atomic E-state index is -0.494. The zero-order valence-electron chi connectivity index (χ0n) is 11.8. The van der Waals surface area contributed by atoms with Gasteiger partial charge in [0.1, 0.15) is 4.47 Å². The second-order valence-electron chi connectivity index (χ2n) is 5.09. The van der Waals surface area contributed by atoms with Gasteiger partial charge in [0.25, 0.3) is 11.6 Å². The lowest BCUT2D eigenvalue weighted by atomic mass is 9.97. The first kappa shape index (κ1) is 15.9. The van der Waals surface area contributed by atoms with Crippen molar-refractivity contribution in [2.45, 2.75) is 12.8 Å². The van der Waals surface area contributed by atoms with E-state index >= 15 is 0 Å². The largest absolute Gasteiger partial charge is 0.384 e. The first-order valence-corrected chi connectivity index (χ1v) is 7.55. The van der Waals surface area contributed by atoms with Gasteiger partial charge in [-0.3, -0.25) is 14.9 Å². The molecule has 0 aliphatic carbocycles. The van der Waals surface area contributed by atoms with Gasteiger partial charge in [0, 0.05) is 32.9 Å². The van der Waals surface area contributed by atoms with Crippen LogP contribution in [0.4, 0.5) is 5.69 Å². The normalized spacial score (nSPS) is 16.0. The molecule has 7 heteroatoms. The van der Waals surface area contributed by atoms with E-state index in [4.69, 9.17) is 4.74 Å². The van der Waals surface area contributed by atoms with Crippen molar-refractivity contribution in [3.05, 3.63) is 38.3 Å². The number of amides is 1. The Balaban J connectivity index is 2.11. The van der Waals surface area contributed by atoms with Crippen molar-refractivity contribution < 1.29 is 14.5 Å². The lowest BCUT2D eigenvalue weighted by Gasteiger charge is -2.31. The Kier molecular flexibility index (Phi) is 5.30. The number of benzene rings is 1. The molecule has 1 heterocycles. The second kappa shape index (κ2) is 7.00. The van der Waals surface area contributed by atoms with Crippen LogP contribution in [-0.4, -0.2) is 42.5 Å². The smallest absolute Gasteiger partial charge is 0.284 e. The van der Waals surface area contributed by atoms with Crippen LogP contribution in [0.3, 0.4) is 0 Å². The summed E-state index contributed by atoms with van der Waals surface area (Å²) in [6.45, 7) is 2.02. The van der Waals surface area contributed by atoms with Crippen LogP contribution in [0.2, 0.25) is 0 Å². The van der Waals surface area contributed by atoms with Crippen LogP contribution in [0.15, 0.2) is 22.7 Å². The predicted octanol–water partition coefficient (Wildman–Crippen LogP) is 2.86. The van der Waals surface area contributed by atoms with E-state index in [2.05, 4.69) is 15.9 Å². The molecular weight excluding hydrogens is 340 g/mol. The van der Waals surface area contributed by atoms with Gasteiger partial charge in [-0.05, 0) is 40.8 Å². The van der Waals surface area contributed by atoms with E-state index in [1.165, 1.54) is 12.1 Å². The van der Waals surface area contributed by atoms with Crippen molar-refractivity contribution in [2.75, 3.05) is 26.8 Å². The van der Waals surface area contributed by atoms with Crippen molar-refractivity contribution in [1.29, 1.82) is 0 Å². The quantitative estimate of drug-likeness (QED) is 0.614. The van der Waals surface area contributed by atoms with Gasteiger partial charge in [-0.15, -0.1) is 0 Å². The molecule has 0 bridgehead atoms. The van der Waals surface area contributed by atoms with Crippen molar-refractivity contribution in [3.63, 3.8) is 0 Å². The number of methoxy groups -OCH3 is 1. The fraction of sp³-hybridized carbons (Fsp3) is 0.500. The topological polar surface area (TPSA) is 72.7 Å². The van der Waals surface area contributed by atoms with Crippen LogP contribution in [0.25, 0.3) is 0 Å². The first-order valence-electron chi connectivity index (χ1n) is 6.75. The Morgan fingerprint density at radius 1 is 1.48 bits per heavy atom. The van der Waals surface area contributed by atoms with Crippen LogP contribution in [0.5, 0.6) is 0 Å². The van der Waals surface area contributed by atoms with Gasteiger partial charge in [0.15, 0.2) is 0 Å². The molecule has 1 saturated heterocycles. The number of nitro groups is 1. The molecule has 0 unspecified atom stereocenters. The number of hydrogen-bond acceptors (Lipinski definition) is 4. The van der Waals surface area contributed by atoms with Gasteiger partial charge in [-0.2, -0.15) is 0 Å². The molecule has 114 valence electrons. The molecule has 21 heavy (non-hydrogen) atoms. The maximum atomic E-state index is 12.5. The maximum Gasteiger partial charge on any atom is 0.284 e. The van der Waals surface area contributed by atoms with E-state index in [-0.39, 0.29) is 16.1 Å². The van der Waals surface area contributed by atoms with Gasteiger partial charge < -0.3 is 9.64 Å². The zero-order valence-corrected chi connectivity index (χ0v) is 13.3. The molecule has 1 amide bonds. The number of rotatable bonds is 4. The minimum absolute atomic E-state index is 0.0879. The van der Waals surface area contributed by atoms with Crippen molar-refractivity contribution in [2.24, 2.45) is 5.92 Å². The Bertz CT molecular complexity index is 542. The molecule has 1 aliphatic heterocycles. The minimum Gasteiger partial charge on any atom is -0.384 e. The Labute approximate surface area is 131 Å². The number of hydrogen-bond donors (Lipinski definition) is 0. The molecule has 0 saturated carbocycles. The third-order valence-corrected chi connectivity index (χ3v) is 4.54. The van der Waals surface area contributed by atoms with E-state index in [1.807, 2.05) is 0 Å². The van der Waals surface area contributed by atoms with Crippen molar-refractivity contribution in [3.8, 4) is 0 Å². The molecule has 0 spiro atoms. The highest BCUT2D eigenvalue weighted by atomic mass is 79.9. The van der Waals surface area contributed by atoms with Crippen molar-refractivity contribution in [1.82, 2.24) is 4.90 Å². The standard InChI is InChI=1S/C14H17BrN2O4/c1-21-9-10-5-7-16(8-6-10)14(18)11-3-2-4-12(13(11)15)17(19)20/h2-4,10H,5-9H2,1H3. The number of likely N-dealkylation sites (tertiary alicyclic amines) is 1. The molecule has 1 fully saturated rings. The third-order valence-electron chi connectivity index (χ3n) is 3.71. The molecule has 0 radical (unpaired) electrons. The Hall–Kier alpha value is -1.47. The molecule has 0 atom stereocenters. The molecule has 2 rings (SSSR count). The molecule has 0 N–H and O–H groups in total. The highest BCUT2D eigenvalue weighted by molar-refractivity contribution is 9.10. The average Bonchev–Trinajstić information content (AvgIpc) is 2.47. The summed E-state index contributed by atoms with van der Waals surface area (Å²) in [5.74, 6) is 0.314. The van der Waals surface area contributed by atoms with Gasteiger partial charge >= 0.3 is 0 Å². The molecule has 0 aromatic heterocycles. The number of nitro benzene ring substituents is 1. The molecular formula is C14H17BrN2O4. The van der Waals surface area contributed by atoms with Crippen molar-refractivity contribution >= 4 is 27.5 Å². The monoisotopic (exact) mass is 356 g/mol. The van der Waals surface area contributed by atoms with E-state index in [1.54, 1.807) is 18.1 Å². The van der Waals surface area contributed by atoms with Crippen LogP contribution < -0.4 is 0 Å². The van der Waals surface area contributed by atoms with Crippen LogP contribution in [-0.2, 0) is 4.74 Å². The molecule has 1 aromatic carbocycles. The average molecular weight is 357 g/mol. The first-order chi connectivity index (χ1) is 10.0. The Morgan fingerprint density at radius 2 is 2.14 bits per heavy atom. The van der Waals surface area contributed by atoms with E-state index in [9.17, 15) is 14.9 Å². The van der Waals surface area contributed by atoms with E-state index < -0.39 is 4.92 Å². The lowest BCUT2D eigenvalue weighted by Crippen LogP contribution is -2.39. The highest BCUT2D eigenvalue weighted by Gasteiger charge is 2.27. The van der Waals surface area contributed by atoms with Crippen LogP contribution in [0, 0.1) is 16.0 Å². The maximum absolute atomic E-state index is 12.5. The number of carbonyl (C=O) groups is 1. The Morgan fingerprint density at radius 3 is 2.71 bits per heavy atom. The SMILES string of the molecule is COCC1CCN(C(=O)c2cccc([N+](=O)[O-])c2Br)CC1. The summed E-state index contributed by atoms with van der Waals surface area (Å²) >= 11 is 3.18. The van der Waals surface area contributed by atoms with Gasteiger partial charge in [0.05, 0.1) is 10.5 Å². The zero-order chi connectivity index (χ0) is 15.4. The van der Waals surface area contributed by atoms with Gasteiger partial charge in [0.2, 0.25) is 0 Å². The summed E-state index contributed by atoms with van der Waals surface area (Å²) in [5, 5.41) is 10.9. The summed E-state index contributed by atoms with van der Waals surface area (Å²) in [6.07, 6.45) is 1.79. The molecule has 1 aliphatic rings. The molecule has 1 aromatic rings. The fourth-order valence-electron chi connectivity index (χ4n) is 2.53. The number of nitrogens with zero attached hydrogens (tertiary/aromatic N) is 2. The molecule has 6 nitrogen and oxygen atoms in total. The fourth-order valence-corrected chi connectivity index (χ4v) is 3.11. The summed E-state index contributed by atoms with van der Waals surface area (Å²) in [4.78, 5) is 24.7. The second-order valence-corrected chi connectivity index (χ2v) is 5.88.